The number of rotatable bonds is 6. The summed E-state index contributed by atoms with van der Waals surface area (Å²) in [6.07, 6.45) is 1.03. The summed E-state index contributed by atoms with van der Waals surface area (Å²) in [7, 11) is -3.39. The molecule has 0 saturated heterocycles. The molecule has 28 heavy (non-hydrogen) atoms. The summed E-state index contributed by atoms with van der Waals surface area (Å²) in [6, 6.07) is 13.8. The lowest BCUT2D eigenvalue weighted by Gasteiger charge is -2.24. The predicted molar refractivity (Wildman–Crippen MR) is 110 cm³/mol. The van der Waals surface area contributed by atoms with Gasteiger partial charge in [0.05, 0.1) is 6.26 Å². The molecule has 6 nitrogen and oxygen atoms in total. The standard InChI is InChI=1S/C20H21NO5S2/c1-13(18(22)15-7-9-16(10-8-15)21-28(2,24)25)26-20(23)19-17-6-4-3-5-14(17)11-12-27-19/h3-10,13,19,21H,11-12H2,1-2H3. The molecule has 1 aliphatic rings. The normalized spacial score (nSPS) is 17.3. The van der Waals surface area contributed by atoms with Gasteiger partial charge in [0, 0.05) is 11.3 Å². The van der Waals surface area contributed by atoms with E-state index in [1.165, 1.54) is 36.0 Å². The van der Waals surface area contributed by atoms with Crippen LogP contribution in [0.3, 0.4) is 0 Å². The first-order valence-corrected chi connectivity index (χ1v) is 11.7. The minimum absolute atomic E-state index is 0.339. The van der Waals surface area contributed by atoms with Gasteiger partial charge in [0.1, 0.15) is 5.25 Å². The van der Waals surface area contributed by atoms with Crippen molar-refractivity contribution in [2.45, 2.75) is 24.7 Å². The first kappa shape index (κ1) is 20.4. The van der Waals surface area contributed by atoms with E-state index in [1.807, 2.05) is 24.3 Å². The number of nitrogens with one attached hydrogen (secondary N) is 1. The van der Waals surface area contributed by atoms with Gasteiger partial charge in [-0.25, -0.2) is 8.42 Å². The molecule has 0 aromatic heterocycles. The Morgan fingerprint density at radius 1 is 1.14 bits per heavy atom. The average Bonchev–Trinajstić information content (AvgIpc) is 2.66. The third-order valence-corrected chi connectivity index (χ3v) is 6.17. The number of hydrogen-bond acceptors (Lipinski definition) is 6. The number of carbonyl (C=O) groups excluding carboxylic acids is 2. The third kappa shape index (κ3) is 4.94. The summed E-state index contributed by atoms with van der Waals surface area (Å²) in [6.45, 7) is 1.54. The van der Waals surface area contributed by atoms with E-state index in [-0.39, 0.29) is 5.78 Å². The summed E-state index contributed by atoms with van der Waals surface area (Å²) in [5, 5.41) is -0.429. The van der Waals surface area contributed by atoms with Gasteiger partial charge in [-0.3, -0.25) is 14.3 Å². The Labute approximate surface area is 168 Å². The quantitative estimate of drug-likeness (QED) is 0.571. The molecule has 2 aromatic rings. The lowest BCUT2D eigenvalue weighted by Crippen LogP contribution is -2.28. The van der Waals surface area contributed by atoms with Crippen molar-refractivity contribution in [2.75, 3.05) is 16.7 Å². The minimum atomic E-state index is -3.39. The number of Topliss-reactive ketones (excluding diaryl/α,β-unsaturated/α-hetero) is 1. The van der Waals surface area contributed by atoms with Crippen LogP contribution < -0.4 is 4.72 Å². The van der Waals surface area contributed by atoms with E-state index in [0.29, 0.717) is 11.3 Å². The van der Waals surface area contributed by atoms with Gasteiger partial charge in [0.25, 0.3) is 0 Å². The van der Waals surface area contributed by atoms with Crippen molar-refractivity contribution in [3.05, 3.63) is 65.2 Å². The van der Waals surface area contributed by atoms with Gasteiger partial charge in [-0.1, -0.05) is 24.3 Å². The SMILES string of the molecule is CC(OC(=O)C1SCCc2ccccc21)C(=O)c1ccc(NS(C)(=O)=O)cc1. The van der Waals surface area contributed by atoms with Crippen molar-refractivity contribution >= 4 is 39.2 Å². The van der Waals surface area contributed by atoms with E-state index in [1.54, 1.807) is 6.92 Å². The second kappa shape index (κ2) is 8.36. The molecule has 2 aromatic carbocycles. The molecule has 0 radical (unpaired) electrons. The molecule has 0 spiro atoms. The Kier molecular flexibility index (Phi) is 6.10. The van der Waals surface area contributed by atoms with Crippen LogP contribution >= 0.6 is 11.8 Å². The summed E-state index contributed by atoms with van der Waals surface area (Å²) in [5.74, 6) is 0.0650. The zero-order chi connectivity index (χ0) is 20.3. The molecule has 1 heterocycles. The van der Waals surface area contributed by atoms with Crippen molar-refractivity contribution in [1.29, 1.82) is 0 Å². The third-order valence-electron chi connectivity index (χ3n) is 4.34. The molecule has 0 bridgehead atoms. The van der Waals surface area contributed by atoms with E-state index in [2.05, 4.69) is 4.72 Å². The number of carbonyl (C=O) groups is 2. The van der Waals surface area contributed by atoms with E-state index in [4.69, 9.17) is 4.74 Å². The second-order valence-corrected chi connectivity index (χ2v) is 9.56. The van der Waals surface area contributed by atoms with Crippen LogP contribution in [-0.4, -0.2) is 38.3 Å². The molecular formula is C20H21NO5S2. The smallest absolute Gasteiger partial charge is 0.324 e. The molecule has 148 valence electrons. The van der Waals surface area contributed by atoms with Gasteiger partial charge >= 0.3 is 5.97 Å². The Bertz CT molecular complexity index is 986. The first-order valence-electron chi connectivity index (χ1n) is 8.76. The van der Waals surface area contributed by atoms with Gasteiger partial charge < -0.3 is 4.74 Å². The van der Waals surface area contributed by atoms with Crippen LogP contribution in [-0.2, 0) is 26.0 Å². The highest BCUT2D eigenvalue weighted by Gasteiger charge is 2.30. The molecular weight excluding hydrogens is 398 g/mol. The van der Waals surface area contributed by atoms with Crippen molar-refractivity contribution in [3.8, 4) is 0 Å². The fourth-order valence-corrected chi connectivity index (χ4v) is 4.77. The summed E-state index contributed by atoms with van der Waals surface area (Å²) >= 11 is 1.52. The number of aryl methyl sites for hydroxylation is 1. The van der Waals surface area contributed by atoms with Crippen LogP contribution in [0, 0.1) is 0 Å². The van der Waals surface area contributed by atoms with Gasteiger partial charge in [0.15, 0.2) is 6.10 Å². The molecule has 1 N–H and O–H groups in total. The van der Waals surface area contributed by atoms with Crippen molar-refractivity contribution < 1.29 is 22.7 Å². The highest BCUT2D eigenvalue weighted by atomic mass is 32.2. The van der Waals surface area contributed by atoms with Gasteiger partial charge in [-0.2, -0.15) is 0 Å². The maximum Gasteiger partial charge on any atom is 0.324 e. The molecule has 0 amide bonds. The topological polar surface area (TPSA) is 89.5 Å². The zero-order valence-electron chi connectivity index (χ0n) is 15.5. The van der Waals surface area contributed by atoms with Crippen LogP contribution in [0.1, 0.15) is 33.7 Å². The van der Waals surface area contributed by atoms with Crippen molar-refractivity contribution in [3.63, 3.8) is 0 Å². The number of hydrogen-bond donors (Lipinski definition) is 1. The lowest BCUT2D eigenvalue weighted by atomic mass is 10.0. The Morgan fingerprint density at radius 3 is 2.50 bits per heavy atom. The zero-order valence-corrected chi connectivity index (χ0v) is 17.2. The lowest BCUT2D eigenvalue weighted by molar-refractivity contribution is -0.145. The number of thioether (sulfide) groups is 1. The van der Waals surface area contributed by atoms with Crippen LogP contribution in [0.2, 0.25) is 0 Å². The number of ether oxygens (including phenoxy) is 1. The summed E-state index contributed by atoms with van der Waals surface area (Å²) in [5.41, 5.74) is 2.78. The maximum atomic E-state index is 12.6. The minimum Gasteiger partial charge on any atom is -0.453 e. The monoisotopic (exact) mass is 419 g/mol. The van der Waals surface area contributed by atoms with Crippen LogP contribution in [0.25, 0.3) is 0 Å². The molecule has 8 heteroatoms. The maximum absolute atomic E-state index is 12.6. The van der Waals surface area contributed by atoms with Gasteiger partial charge in [0.2, 0.25) is 15.8 Å². The number of sulfonamides is 1. The number of anilines is 1. The van der Waals surface area contributed by atoms with E-state index in [0.717, 1.165) is 29.6 Å². The first-order chi connectivity index (χ1) is 13.2. The summed E-state index contributed by atoms with van der Waals surface area (Å²) < 4.78 is 30.3. The Hall–Kier alpha value is -2.32. The number of benzene rings is 2. The number of fused-ring (bicyclic) bond motifs is 1. The second-order valence-electron chi connectivity index (χ2n) is 6.59. The highest BCUT2D eigenvalue weighted by Crippen LogP contribution is 2.37. The van der Waals surface area contributed by atoms with E-state index >= 15 is 0 Å². The van der Waals surface area contributed by atoms with Crippen molar-refractivity contribution in [1.82, 2.24) is 0 Å². The molecule has 0 fully saturated rings. The van der Waals surface area contributed by atoms with Crippen LogP contribution in [0.4, 0.5) is 5.69 Å². The van der Waals surface area contributed by atoms with Gasteiger partial charge in [-0.15, -0.1) is 11.8 Å². The fourth-order valence-electron chi connectivity index (χ4n) is 3.03. The Balaban J connectivity index is 1.67. The van der Waals surface area contributed by atoms with E-state index < -0.39 is 27.3 Å². The summed E-state index contributed by atoms with van der Waals surface area (Å²) in [4.78, 5) is 25.2. The number of esters is 1. The van der Waals surface area contributed by atoms with E-state index in [9.17, 15) is 18.0 Å². The predicted octanol–water partition coefficient (Wildman–Crippen LogP) is 3.20. The van der Waals surface area contributed by atoms with Crippen molar-refractivity contribution in [2.24, 2.45) is 0 Å². The molecule has 0 aliphatic carbocycles. The molecule has 2 atom stereocenters. The number of ketones is 1. The molecule has 0 saturated carbocycles. The van der Waals surface area contributed by atoms with Gasteiger partial charge in [-0.05, 0) is 54.5 Å². The Morgan fingerprint density at radius 2 is 1.82 bits per heavy atom. The fraction of sp³-hybridized carbons (Fsp3) is 0.300. The average molecular weight is 420 g/mol. The van der Waals surface area contributed by atoms with Crippen LogP contribution in [0.15, 0.2) is 48.5 Å². The molecule has 3 rings (SSSR count). The molecule has 1 aliphatic heterocycles. The molecule has 2 unspecified atom stereocenters. The van der Waals surface area contributed by atoms with Crippen LogP contribution in [0.5, 0.6) is 0 Å². The largest absolute Gasteiger partial charge is 0.453 e. The highest BCUT2D eigenvalue weighted by molar-refractivity contribution is 8.00.